The summed E-state index contributed by atoms with van der Waals surface area (Å²) in [6, 6.07) is 15.2. The summed E-state index contributed by atoms with van der Waals surface area (Å²) in [5, 5.41) is 1.34. The number of benzene rings is 2. The second-order valence-corrected chi connectivity index (χ2v) is 8.30. The van der Waals surface area contributed by atoms with E-state index in [2.05, 4.69) is 0 Å². The highest BCUT2D eigenvalue weighted by Crippen LogP contribution is 2.46. The highest BCUT2D eigenvalue weighted by Gasteiger charge is 2.45. The SMILES string of the molecule is O=S1OC(c2cccc(Cl)c2)C(c2ccc(Cl)cc2)N1CC1CC1. The lowest BCUT2D eigenvalue weighted by molar-refractivity contribution is 0.199. The molecule has 2 fully saturated rings. The molecule has 1 saturated heterocycles. The molecule has 2 aliphatic rings. The molecule has 3 atom stereocenters. The van der Waals surface area contributed by atoms with Crippen molar-refractivity contribution in [1.82, 2.24) is 4.31 Å². The minimum absolute atomic E-state index is 0.109. The summed E-state index contributed by atoms with van der Waals surface area (Å²) < 4.78 is 20.4. The third-order valence-corrected chi connectivity index (χ3v) is 6.12. The molecule has 3 nitrogen and oxygen atoms in total. The van der Waals surface area contributed by atoms with E-state index in [0.717, 1.165) is 17.7 Å². The highest BCUT2D eigenvalue weighted by atomic mass is 35.5. The van der Waals surface area contributed by atoms with Gasteiger partial charge in [0.05, 0.1) is 6.04 Å². The van der Waals surface area contributed by atoms with E-state index in [0.29, 0.717) is 16.0 Å². The van der Waals surface area contributed by atoms with Gasteiger partial charge in [-0.05, 0) is 54.2 Å². The molecule has 0 aromatic heterocycles. The van der Waals surface area contributed by atoms with E-state index < -0.39 is 11.3 Å². The van der Waals surface area contributed by atoms with Crippen LogP contribution in [0.2, 0.25) is 10.0 Å². The van der Waals surface area contributed by atoms with E-state index in [-0.39, 0.29) is 12.1 Å². The lowest BCUT2D eigenvalue weighted by atomic mass is 9.95. The lowest BCUT2D eigenvalue weighted by Crippen LogP contribution is -2.27. The zero-order valence-electron chi connectivity index (χ0n) is 12.9. The number of rotatable bonds is 4. The maximum absolute atomic E-state index is 12.6. The first-order valence-electron chi connectivity index (χ1n) is 7.98. The zero-order chi connectivity index (χ0) is 16.7. The fourth-order valence-electron chi connectivity index (χ4n) is 3.09. The Morgan fingerprint density at radius 3 is 2.46 bits per heavy atom. The Labute approximate surface area is 154 Å². The largest absolute Gasteiger partial charge is 0.268 e. The van der Waals surface area contributed by atoms with E-state index in [1.54, 1.807) is 0 Å². The van der Waals surface area contributed by atoms with E-state index in [4.69, 9.17) is 27.4 Å². The van der Waals surface area contributed by atoms with Crippen molar-refractivity contribution < 1.29 is 8.39 Å². The van der Waals surface area contributed by atoms with Crippen LogP contribution >= 0.6 is 23.2 Å². The molecule has 2 aromatic rings. The van der Waals surface area contributed by atoms with Crippen LogP contribution < -0.4 is 0 Å². The Morgan fingerprint density at radius 1 is 1.04 bits per heavy atom. The average Bonchev–Trinajstić information content (AvgIpc) is 3.32. The van der Waals surface area contributed by atoms with Crippen molar-refractivity contribution in [2.45, 2.75) is 25.0 Å². The van der Waals surface area contributed by atoms with Gasteiger partial charge in [-0.2, -0.15) is 4.31 Å². The minimum Gasteiger partial charge on any atom is -0.268 e. The summed E-state index contributed by atoms with van der Waals surface area (Å²) in [7, 11) is 0. The van der Waals surface area contributed by atoms with Gasteiger partial charge in [0.2, 0.25) is 11.3 Å². The number of halogens is 2. The Morgan fingerprint density at radius 2 is 1.79 bits per heavy atom. The molecule has 6 heteroatoms. The molecule has 1 aliphatic heterocycles. The molecule has 0 radical (unpaired) electrons. The molecular formula is C18H17Cl2NO2S. The molecule has 126 valence electrons. The topological polar surface area (TPSA) is 29.5 Å². The Bertz CT molecular complexity index is 764. The monoisotopic (exact) mass is 381 g/mol. The maximum Gasteiger partial charge on any atom is 0.238 e. The maximum atomic E-state index is 12.6. The van der Waals surface area contributed by atoms with Gasteiger partial charge in [-0.15, -0.1) is 0 Å². The van der Waals surface area contributed by atoms with Gasteiger partial charge in [-0.3, -0.25) is 4.18 Å². The normalized spacial score (nSPS) is 27.5. The van der Waals surface area contributed by atoms with E-state index >= 15 is 0 Å². The Kier molecular flexibility index (Phi) is 4.67. The Balaban J connectivity index is 1.73. The first-order chi connectivity index (χ1) is 11.6. The summed E-state index contributed by atoms with van der Waals surface area (Å²) in [5.74, 6) is 0.616. The molecular weight excluding hydrogens is 365 g/mol. The number of nitrogens with zero attached hydrogens (tertiary/aromatic N) is 1. The molecule has 0 spiro atoms. The van der Waals surface area contributed by atoms with Gasteiger partial charge in [0, 0.05) is 16.6 Å². The Hall–Kier alpha value is -0.910. The molecule has 1 heterocycles. The predicted molar refractivity (Wildman–Crippen MR) is 97.0 cm³/mol. The second kappa shape index (κ2) is 6.77. The number of hydrogen-bond donors (Lipinski definition) is 0. The fraction of sp³-hybridized carbons (Fsp3) is 0.333. The molecule has 1 saturated carbocycles. The summed E-state index contributed by atoms with van der Waals surface area (Å²) in [5.41, 5.74) is 1.99. The lowest BCUT2D eigenvalue weighted by Gasteiger charge is -2.24. The van der Waals surface area contributed by atoms with Crippen LogP contribution in [-0.2, 0) is 15.4 Å². The highest BCUT2D eigenvalue weighted by molar-refractivity contribution is 7.78. The zero-order valence-corrected chi connectivity index (χ0v) is 15.2. The quantitative estimate of drug-likeness (QED) is 0.737. The summed E-state index contributed by atoms with van der Waals surface area (Å²) in [6.07, 6.45) is 2.08. The van der Waals surface area contributed by atoms with Crippen LogP contribution in [0, 0.1) is 5.92 Å². The molecule has 2 aromatic carbocycles. The van der Waals surface area contributed by atoms with Gasteiger partial charge < -0.3 is 0 Å². The van der Waals surface area contributed by atoms with Crippen molar-refractivity contribution in [3.05, 3.63) is 69.7 Å². The van der Waals surface area contributed by atoms with Gasteiger partial charge in [-0.1, -0.05) is 47.5 Å². The van der Waals surface area contributed by atoms with Crippen molar-refractivity contribution >= 4 is 34.5 Å². The summed E-state index contributed by atoms with van der Waals surface area (Å²) in [4.78, 5) is 0. The van der Waals surface area contributed by atoms with Crippen molar-refractivity contribution in [3.63, 3.8) is 0 Å². The molecule has 24 heavy (non-hydrogen) atoms. The van der Waals surface area contributed by atoms with Crippen LogP contribution in [0.25, 0.3) is 0 Å². The molecule has 1 aliphatic carbocycles. The van der Waals surface area contributed by atoms with Crippen LogP contribution in [0.3, 0.4) is 0 Å². The van der Waals surface area contributed by atoms with Crippen LogP contribution in [0.1, 0.15) is 36.1 Å². The summed E-state index contributed by atoms with van der Waals surface area (Å²) >= 11 is 10.7. The molecule has 0 bridgehead atoms. The van der Waals surface area contributed by atoms with Crippen LogP contribution in [0.4, 0.5) is 0 Å². The summed E-state index contributed by atoms with van der Waals surface area (Å²) in [6.45, 7) is 0.789. The van der Waals surface area contributed by atoms with Crippen LogP contribution in [-0.4, -0.2) is 15.1 Å². The van der Waals surface area contributed by atoms with Gasteiger partial charge in [0.15, 0.2) is 0 Å². The van der Waals surface area contributed by atoms with Crippen molar-refractivity contribution in [2.75, 3.05) is 6.54 Å². The molecule has 3 unspecified atom stereocenters. The standard InChI is InChI=1S/C18H17Cl2NO2S/c19-15-8-6-13(7-9-15)17-18(14-2-1-3-16(20)10-14)23-24(22)21(17)11-12-4-5-12/h1-3,6-10,12,17-18H,4-5,11H2. The first-order valence-corrected chi connectivity index (χ1v) is 9.77. The smallest absolute Gasteiger partial charge is 0.238 e. The van der Waals surface area contributed by atoms with E-state index in [9.17, 15) is 4.21 Å². The minimum atomic E-state index is -1.46. The van der Waals surface area contributed by atoms with Crippen molar-refractivity contribution in [1.29, 1.82) is 0 Å². The number of hydrogen-bond acceptors (Lipinski definition) is 2. The van der Waals surface area contributed by atoms with Crippen molar-refractivity contribution in [3.8, 4) is 0 Å². The predicted octanol–water partition coefficient (Wildman–Crippen LogP) is 5.10. The second-order valence-electron chi connectivity index (χ2n) is 6.33. The first kappa shape index (κ1) is 16.6. The molecule has 0 N–H and O–H groups in total. The van der Waals surface area contributed by atoms with Gasteiger partial charge >= 0.3 is 0 Å². The van der Waals surface area contributed by atoms with Gasteiger partial charge in [0.1, 0.15) is 6.10 Å². The van der Waals surface area contributed by atoms with Crippen LogP contribution in [0.15, 0.2) is 48.5 Å². The van der Waals surface area contributed by atoms with Gasteiger partial charge in [-0.25, -0.2) is 4.21 Å². The third-order valence-electron chi connectivity index (χ3n) is 4.50. The van der Waals surface area contributed by atoms with Gasteiger partial charge in [0.25, 0.3) is 0 Å². The average molecular weight is 382 g/mol. The van der Waals surface area contributed by atoms with Crippen LogP contribution in [0.5, 0.6) is 0 Å². The van der Waals surface area contributed by atoms with E-state index in [1.807, 2.05) is 52.8 Å². The van der Waals surface area contributed by atoms with Crippen molar-refractivity contribution in [2.24, 2.45) is 5.92 Å². The third kappa shape index (κ3) is 3.39. The van der Waals surface area contributed by atoms with E-state index in [1.165, 1.54) is 12.8 Å². The molecule has 0 amide bonds. The molecule has 4 rings (SSSR count). The fourth-order valence-corrected chi connectivity index (χ4v) is 4.67.